The van der Waals surface area contributed by atoms with Crippen LogP contribution in [0, 0.1) is 20.8 Å². The number of likely N-dealkylation sites (tertiary alicyclic amines) is 1. The minimum absolute atomic E-state index is 0.451. The van der Waals surface area contributed by atoms with E-state index in [0.717, 1.165) is 44.3 Å². The van der Waals surface area contributed by atoms with Gasteiger partial charge in [0.15, 0.2) is 10.8 Å². The van der Waals surface area contributed by atoms with Crippen LogP contribution >= 0.6 is 33.9 Å². The lowest BCUT2D eigenvalue weighted by Gasteiger charge is -2.29. The number of methoxy groups -OCH3 is 1. The van der Waals surface area contributed by atoms with Gasteiger partial charge in [-0.2, -0.15) is 10.2 Å². The molecule has 1 saturated heterocycles. The molecule has 2 N–H and O–H groups in total. The van der Waals surface area contributed by atoms with Gasteiger partial charge in [0.2, 0.25) is 0 Å². The highest BCUT2D eigenvalue weighted by atomic mass is 127. The van der Waals surface area contributed by atoms with Crippen LogP contribution in [0.2, 0.25) is 0 Å². The molecule has 1 atom stereocenters. The fraction of sp³-hybridized carbons (Fsp3) is 0.296. The summed E-state index contributed by atoms with van der Waals surface area (Å²) in [6, 6.07) is 15.9. The number of rotatable bonds is 8. The number of aromatic nitrogens is 2. The molecule has 0 saturated carbocycles. The first-order chi connectivity index (χ1) is 18.0. The van der Waals surface area contributed by atoms with Gasteiger partial charge >= 0.3 is 0 Å². The fourth-order valence-corrected chi connectivity index (χ4v) is 5.80. The Bertz CT molecular complexity index is 1440. The molecular weight excluding hydrogens is 599 g/mol. The summed E-state index contributed by atoms with van der Waals surface area (Å²) in [7, 11) is 3.80. The Balaban J connectivity index is 1.32. The Morgan fingerprint density at radius 3 is 2.76 bits per heavy atom. The number of pyridine rings is 1. The lowest BCUT2D eigenvalue weighted by Crippen LogP contribution is -2.34. The minimum Gasteiger partial charge on any atom is -0.497 e. The van der Waals surface area contributed by atoms with Gasteiger partial charge < -0.3 is 25.0 Å². The van der Waals surface area contributed by atoms with Gasteiger partial charge in [-0.05, 0) is 85.4 Å². The van der Waals surface area contributed by atoms with Gasteiger partial charge in [0.1, 0.15) is 22.3 Å². The largest absolute Gasteiger partial charge is 0.497 e. The van der Waals surface area contributed by atoms with Crippen molar-refractivity contribution in [2.75, 3.05) is 44.5 Å². The van der Waals surface area contributed by atoms with Gasteiger partial charge in [-0.1, -0.05) is 11.3 Å². The number of hydrogen-bond acceptors (Lipinski definition) is 9. The van der Waals surface area contributed by atoms with Crippen molar-refractivity contribution in [2.24, 2.45) is 5.92 Å². The molecule has 0 bridgehead atoms. The molecule has 4 aromatic rings. The van der Waals surface area contributed by atoms with E-state index in [2.05, 4.69) is 61.2 Å². The predicted octanol–water partition coefficient (Wildman–Crippen LogP) is 6.38. The molecule has 37 heavy (non-hydrogen) atoms. The quantitative estimate of drug-likeness (QED) is 0.218. The van der Waals surface area contributed by atoms with Crippen molar-refractivity contribution < 1.29 is 9.47 Å². The summed E-state index contributed by atoms with van der Waals surface area (Å²) in [5.41, 5.74) is 3.46. The first-order valence-corrected chi connectivity index (χ1v) is 13.9. The molecule has 10 heteroatoms. The van der Waals surface area contributed by atoms with Crippen LogP contribution < -0.4 is 20.1 Å². The van der Waals surface area contributed by atoms with E-state index < -0.39 is 0 Å². The van der Waals surface area contributed by atoms with Crippen molar-refractivity contribution in [1.82, 2.24) is 14.9 Å². The molecule has 1 unspecified atom stereocenters. The third-order valence-electron chi connectivity index (χ3n) is 6.29. The number of nitrogens with zero attached hydrogens (tertiary/aromatic N) is 4. The summed E-state index contributed by atoms with van der Waals surface area (Å²) in [5, 5.41) is 17.2. The van der Waals surface area contributed by atoms with Gasteiger partial charge in [-0.3, -0.25) is 0 Å². The van der Waals surface area contributed by atoms with E-state index in [0.29, 0.717) is 27.9 Å². The van der Waals surface area contributed by atoms with Gasteiger partial charge in [-0.15, -0.1) is 0 Å². The number of nitriles is 1. The maximum atomic E-state index is 9.73. The van der Waals surface area contributed by atoms with E-state index >= 15 is 0 Å². The molecule has 5 rings (SSSR count). The number of thiazole rings is 1. The molecule has 0 amide bonds. The van der Waals surface area contributed by atoms with Crippen LogP contribution in [0.5, 0.6) is 11.5 Å². The first-order valence-electron chi connectivity index (χ1n) is 12.0. The lowest BCUT2D eigenvalue weighted by molar-refractivity contribution is 0.150. The van der Waals surface area contributed by atoms with Crippen molar-refractivity contribution in [3.63, 3.8) is 0 Å². The molecule has 0 spiro atoms. The number of fused-ring (bicyclic) bond motifs is 1. The number of piperidine rings is 1. The predicted molar refractivity (Wildman–Crippen MR) is 157 cm³/mol. The van der Waals surface area contributed by atoms with E-state index in [9.17, 15) is 5.26 Å². The maximum absolute atomic E-state index is 9.73. The van der Waals surface area contributed by atoms with Crippen molar-refractivity contribution >= 4 is 66.5 Å². The second-order valence-corrected chi connectivity index (χ2v) is 11.2. The standard InChI is InChI=1S/C27H27IN6O2S/c1-34-11-3-4-17(15-34)16-36-20-7-5-19(6-8-20)31-27-33-26-25(37-27)24(18(13-29)14-30-26)32-23-12-21(35-2)9-10-22(23)28/h5-10,12,14,17H,3-4,11,15-16H2,1-2H3,(H2,30,31,32,33). The van der Waals surface area contributed by atoms with Crippen molar-refractivity contribution in [1.29, 1.82) is 5.26 Å². The number of nitrogens with one attached hydrogen (secondary N) is 2. The molecule has 8 nitrogen and oxygen atoms in total. The summed E-state index contributed by atoms with van der Waals surface area (Å²) < 4.78 is 13.2. The van der Waals surface area contributed by atoms with Gasteiger partial charge in [0.25, 0.3) is 0 Å². The highest BCUT2D eigenvalue weighted by Crippen LogP contribution is 2.37. The summed E-state index contributed by atoms with van der Waals surface area (Å²) in [4.78, 5) is 11.4. The van der Waals surface area contributed by atoms with Gasteiger partial charge in [0.05, 0.1) is 30.7 Å². The van der Waals surface area contributed by atoms with E-state index in [1.807, 2.05) is 42.5 Å². The summed E-state index contributed by atoms with van der Waals surface area (Å²) in [6.07, 6.45) is 4.00. The Hall–Kier alpha value is -3.14. The number of halogens is 1. The number of benzene rings is 2. The molecule has 190 valence electrons. The zero-order valence-electron chi connectivity index (χ0n) is 20.6. The normalized spacial score (nSPS) is 15.8. The monoisotopic (exact) mass is 626 g/mol. The molecule has 0 radical (unpaired) electrons. The number of hydrogen-bond donors (Lipinski definition) is 2. The second kappa shape index (κ2) is 11.5. The second-order valence-electron chi connectivity index (χ2n) is 9.03. The molecule has 1 aliphatic heterocycles. The highest BCUT2D eigenvalue weighted by Gasteiger charge is 2.18. The zero-order valence-corrected chi connectivity index (χ0v) is 23.6. The van der Waals surface area contributed by atoms with Crippen LogP contribution in [0.15, 0.2) is 48.7 Å². The van der Waals surface area contributed by atoms with Crippen LogP contribution in [-0.2, 0) is 0 Å². The fourth-order valence-electron chi connectivity index (χ4n) is 4.38. The van der Waals surface area contributed by atoms with Crippen molar-refractivity contribution in [3.05, 3.63) is 57.8 Å². The molecule has 2 aromatic carbocycles. The van der Waals surface area contributed by atoms with Crippen molar-refractivity contribution in [3.8, 4) is 17.6 Å². The Morgan fingerprint density at radius 1 is 1.19 bits per heavy atom. The summed E-state index contributed by atoms with van der Waals surface area (Å²) >= 11 is 3.71. The number of ether oxygens (including phenoxy) is 2. The SMILES string of the molecule is COc1ccc(I)c(Nc2c(C#N)cnc3nc(Nc4ccc(OCC5CCCN(C)C5)cc4)sc23)c1. The smallest absolute Gasteiger partial charge is 0.189 e. The topological polar surface area (TPSA) is 95.3 Å². The molecule has 0 aliphatic carbocycles. The van der Waals surface area contributed by atoms with Crippen LogP contribution in [-0.4, -0.2) is 48.7 Å². The third kappa shape index (κ3) is 6.06. The summed E-state index contributed by atoms with van der Waals surface area (Å²) in [6.45, 7) is 3.00. The minimum atomic E-state index is 0.451. The van der Waals surface area contributed by atoms with Crippen molar-refractivity contribution in [2.45, 2.75) is 12.8 Å². The third-order valence-corrected chi connectivity index (χ3v) is 8.21. The van der Waals surface area contributed by atoms with E-state index in [-0.39, 0.29) is 0 Å². The lowest BCUT2D eigenvalue weighted by atomic mass is 10.00. The average Bonchev–Trinajstić information content (AvgIpc) is 3.32. The summed E-state index contributed by atoms with van der Waals surface area (Å²) in [5.74, 6) is 2.17. The van der Waals surface area contributed by atoms with E-state index in [4.69, 9.17) is 9.47 Å². The van der Waals surface area contributed by atoms with E-state index in [1.165, 1.54) is 30.7 Å². The maximum Gasteiger partial charge on any atom is 0.189 e. The van der Waals surface area contributed by atoms with Crippen LogP contribution in [0.25, 0.3) is 10.3 Å². The van der Waals surface area contributed by atoms with E-state index in [1.54, 1.807) is 13.3 Å². The Labute approximate surface area is 233 Å². The molecular formula is C27H27IN6O2S. The first kappa shape index (κ1) is 25.5. The number of anilines is 4. The zero-order chi connectivity index (χ0) is 25.8. The molecule has 1 aliphatic rings. The Kier molecular flexibility index (Phi) is 7.93. The molecule has 2 aromatic heterocycles. The molecule has 3 heterocycles. The Morgan fingerprint density at radius 2 is 2.00 bits per heavy atom. The van der Waals surface area contributed by atoms with Gasteiger partial charge in [-0.25, -0.2) is 4.98 Å². The van der Waals surface area contributed by atoms with Crippen LogP contribution in [0.3, 0.4) is 0 Å². The van der Waals surface area contributed by atoms with Crippen LogP contribution in [0.1, 0.15) is 18.4 Å². The average molecular weight is 627 g/mol. The van der Waals surface area contributed by atoms with Gasteiger partial charge in [0, 0.05) is 34.0 Å². The highest BCUT2D eigenvalue weighted by molar-refractivity contribution is 14.1. The molecule has 1 fully saturated rings. The van der Waals surface area contributed by atoms with Crippen LogP contribution in [0.4, 0.5) is 22.2 Å².